The first-order chi connectivity index (χ1) is 13.7. The van der Waals surface area contributed by atoms with Gasteiger partial charge in [-0.3, -0.25) is 0 Å². The first kappa shape index (κ1) is 17.9. The molecule has 1 aromatic heterocycles. The molecule has 0 spiro atoms. The first-order valence-electron chi connectivity index (χ1n) is 8.96. The second kappa shape index (κ2) is 7.64. The van der Waals surface area contributed by atoms with Gasteiger partial charge in [0.1, 0.15) is 17.6 Å². The molecule has 1 aliphatic rings. The summed E-state index contributed by atoms with van der Waals surface area (Å²) >= 11 is 0. The molecule has 0 radical (unpaired) electrons. The molecule has 0 saturated carbocycles. The number of para-hydroxylation sites is 1. The molecule has 2 heterocycles. The van der Waals surface area contributed by atoms with E-state index >= 15 is 0 Å². The Balaban J connectivity index is 1.33. The lowest BCUT2D eigenvalue weighted by Crippen LogP contribution is -2.57. The normalized spacial score (nSPS) is 13.7. The van der Waals surface area contributed by atoms with E-state index in [-0.39, 0.29) is 12.1 Å². The Labute approximate surface area is 162 Å². The van der Waals surface area contributed by atoms with E-state index in [4.69, 9.17) is 14.2 Å². The van der Waals surface area contributed by atoms with Crippen molar-refractivity contribution in [1.82, 2.24) is 9.88 Å². The van der Waals surface area contributed by atoms with E-state index in [1.165, 1.54) is 0 Å². The second-order valence-corrected chi connectivity index (χ2v) is 6.48. The molecule has 1 N–H and O–H groups in total. The summed E-state index contributed by atoms with van der Waals surface area (Å²) in [6.07, 6.45) is -0.0721. The van der Waals surface area contributed by atoms with Crippen molar-refractivity contribution in [3.05, 3.63) is 54.6 Å². The van der Waals surface area contributed by atoms with E-state index in [1.807, 2.05) is 36.4 Å². The molecule has 144 valence electrons. The number of pyridine rings is 1. The highest BCUT2D eigenvalue weighted by atomic mass is 16.5. The van der Waals surface area contributed by atoms with Gasteiger partial charge in [-0.2, -0.15) is 0 Å². The molecule has 2 aromatic carbocycles. The molecule has 2 amide bonds. The molecule has 28 heavy (non-hydrogen) atoms. The fourth-order valence-corrected chi connectivity index (χ4v) is 3.06. The number of nitrogens with one attached hydrogen (secondary N) is 1. The predicted octanol–water partition coefficient (Wildman–Crippen LogP) is 3.55. The minimum Gasteiger partial charge on any atom is -0.497 e. The number of methoxy groups -OCH3 is 2. The molecule has 0 atom stereocenters. The van der Waals surface area contributed by atoms with Crippen LogP contribution in [0.3, 0.4) is 0 Å². The minimum atomic E-state index is -0.199. The van der Waals surface area contributed by atoms with Gasteiger partial charge < -0.3 is 24.4 Å². The Morgan fingerprint density at radius 1 is 1.07 bits per heavy atom. The van der Waals surface area contributed by atoms with Gasteiger partial charge in [-0.1, -0.05) is 18.2 Å². The standard InChI is InChI=1S/C21H21N3O4/c1-26-15-8-9-18(19(11-15)27-2)23-21(25)24-12-16(13-24)28-20-10-7-14-5-3-4-6-17(14)22-20/h3-11,16H,12-13H2,1-2H3,(H,23,25). The van der Waals surface area contributed by atoms with E-state index in [0.717, 1.165) is 10.9 Å². The van der Waals surface area contributed by atoms with Crippen LogP contribution in [0.5, 0.6) is 17.4 Å². The fourth-order valence-electron chi connectivity index (χ4n) is 3.06. The molecule has 3 aromatic rings. The molecule has 0 bridgehead atoms. The number of carbonyl (C=O) groups excluding carboxylic acids is 1. The molecule has 4 rings (SSSR count). The number of benzene rings is 2. The average molecular weight is 379 g/mol. The van der Waals surface area contributed by atoms with Gasteiger partial charge in [0.25, 0.3) is 0 Å². The number of aromatic nitrogens is 1. The topological polar surface area (TPSA) is 72.9 Å². The molecular weight excluding hydrogens is 358 g/mol. The van der Waals surface area contributed by atoms with E-state index in [0.29, 0.717) is 36.2 Å². The van der Waals surface area contributed by atoms with Crippen LogP contribution < -0.4 is 19.5 Å². The third-order valence-electron chi connectivity index (χ3n) is 4.65. The number of urea groups is 1. The third kappa shape index (κ3) is 3.64. The largest absolute Gasteiger partial charge is 0.497 e. The molecule has 0 unspecified atom stereocenters. The Morgan fingerprint density at radius 2 is 1.89 bits per heavy atom. The highest BCUT2D eigenvalue weighted by Crippen LogP contribution is 2.29. The number of anilines is 1. The van der Waals surface area contributed by atoms with Gasteiger partial charge in [0.15, 0.2) is 0 Å². The number of ether oxygens (including phenoxy) is 3. The highest BCUT2D eigenvalue weighted by molar-refractivity contribution is 5.91. The Morgan fingerprint density at radius 3 is 2.68 bits per heavy atom. The zero-order chi connectivity index (χ0) is 19.5. The lowest BCUT2D eigenvalue weighted by atomic mass is 10.2. The van der Waals surface area contributed by atoms with Crippen molar-refractivity contribution >= 4 is 22.6 Å². The summed E-state index contributed by atoms with van der Waals surface area (Å²) in [6.45, 7) is 0.998. The SMILES string of the molecule is COc1ccc(NC(=O)N2CC(Oc3ccc4ccccc4n3)C2)c(OC)c1. The van der Waals surface area contributed by atoms with Crippen molar-refractivity contribution in [2.24, 2.45) is 0 Å². The van der Waals surface area contributed by atoms with Crippen LogP contribution >= 0.6 is 0 Å². The molecule has 1 saturated heterocycles. The average Bonchev–Trinajstić information content (AvgIpc) is 2.70. The Hall–Kier alpha value is -3.48. The summed E-state index contributed by atoms with van der Waals surface area (Å²) in [5.41, 5.74) is 1.48. The number of rotatable bonds is 5. The second-order valence-electron chi connectivity index (χ2n) is 6.48. The number of amides is 2. The number of nitrogens with zero attached hydrogens (tertiary/aromatic N) is 2. The van der Waals surface area contributed by atoms with Crippen molar-refractivity contribution in [1.29, 1.82) is 0 Å². The van der Waals surface area contributed by atoms with Crippen LogP contribution in [0.25, 0.3) is 10.9 Å². The van der Waals surface area contributed by atoms with Crippen molar-refractivity contribution < 1.29 is 19.0 Å². The maximum absolute atomic E-state index is 12.4. The number of fused-ring (bicyclic) bond motifs is 1. The van der Waals surface area contributed by atoms with E-state index in [2.05, 4.69) is 10.3 Å². The molecule has 7 heteroatoms. The van der Waals surface area contributed by atoms with Crippen molar-refractivity contribution in [2.45, 2.75) is 6.10 Å². The molecule has 7 nitrogen and oxygen atoms in total. The smallest absolute Gasteiger partial charge is 0.322 e. The quantitative estimate of drug-likeness (QED) is 0.734. The maximum Gasteiger partial charge on any atom is 0.322 e. The fraction of sp³-hybridized carbons (Fsp3) is 0.238. The third-order valence-corrected chi connectivity index (χ3v) is 4.65. The number of likely N-dealkylation sites (tertiary alicyclic amines) is 1. The number of hydrogen-bond acceptors (Lipinski definition) is 5. The maximum atomic E-state index is 12.4. The van der Waals surface area contributed by atoms with Gasteiger partial charge in [-0.05, 0) is 24.3 Å². The van der Waals surface area contributed by atoms with Gasteiger partial charge in [-0.15, -0.1) is 0 Å². The minimum absolute atomic E-state index is 0.0721. The van der Waals surface area contributed by atoms with Crippen LogP contribution in [0.1, 0.15) is 0 Å². The van der Waals surface area contributed by atoms with Crippen LogP contribution in [0.2, 0.25) is 0 Å². The number of carbonyl (C=O) groups is 1. The van der Waals surface area contributed by atoms with Gasteiger partial charge in [-0.25, -0.2) is 9.78 Å². The monoisotopic (exact) mass is 379 g/mol. The summed E-state index contributed by atoms with van der Waals surface area (Å²) in [5, 5.41) is 3.93. The number of hydrogen-bond donors (Lipinski definition) is 1. The van der Waals surface area contributed by atoms with E-state index in [9.17, 15) is 4.79 Å². The zero-order valence-electron chi connectivity index (χ0n) is 15.7. The summed E-state index contributed by atoms with van der Waals surface area (Å²) in [4.78, 5) is 18.6. The lowest BCUT2D eigenvalue weighted by molar-refractivity contribution is 0.0463. The van der Waals surface area contributed by atoms with E-state index in [1.54, 1.807) is 37.3 Å². The molecule has 0 aliphatic carbocycles. The Kier molecular flexibility index (Phi) is 4.89. The Bertz CT molecular complexity index is 1000. The van der Waals surface area contributed by atoms with Crippen molar-refractivity contribution in [3.63, 3.8) is 0 Å². The summed E-state index contributed by atoms with van der Waals surface area (Å²) in [5.74, 6) is 1.78. The van der Waals surface area contributed by atoms with Crippen molar-refractivity contribution in [3.8, 4) is 17.4 Å². The summed E-state index contributed by atoms with van der Waals surface area (Å²) in [6, 6.07) is 16.8. The zero-order valence-corrected chi connectivity index (χ0v) is 15.7. The van der Waals surface area contributed by atoms with Crippen LogP contribution in [0.4, 0.5) is 10.5 Å². The van der Waals surface area contributed by atoms with Crippen molar-refractivity contribution in [2.75, 3.05) is 32.6 Å². The van der Waals surface area contributed by atoms with Gasteiger partial charge in [0, 0.05) is 17.5 Å². The van der Waals surface area contributed by atoms with Crippen LogP contribution in [0, 0.1) is 0 Å². The summed E-state index contributed by atoms with van der Waals surface area (Å²) in [7, 11) is 3.13. The van der Waals surface area contributed by atoms with Gasteiger partial charge in [0.2, 0.25) is 5.88 Å². The first-order valence-corrected chi connectivity index (χ1v) is 8.96. The van der Waals surface area contributed by atoms with Crippen LogP contribution in [-0.2, 0) is 0 Å². The predicted molar refractivity (Wildman–Crippen MR) is 106 cm³/mol. The summed E-state index contributed by atoms with van der Waals surface area (Å²) < 4.78 is 16.4. The van der Waals surface area contributed by atoms with Gasteiger partial charge >= 0.3 is 6.03 Å². The van der Waals surface area contributed by atoms with E-state index < -0.39 is 0 Å². The molecule has 1 aliphatic heterocycles. The highest BCUT2D eigenvalue weighted by Gasteiger charge is 2.33. The molecular formula is C21H21N3O4. The van der Waals surface area contributed by atoms with Gasteiger partial charge in [0.05, 0.1) is 38.5 Å². The lowest BCUT2D eigenvalue weighted by Gasteiger charge is -2.38. The van der Waals surface area contributed by atoms with Crippen LogP contribution in [-0.4, -0.2) is 49.3 Å². The van der Waals surface area contributed by atoms with Crippen LogP contribution in [0.15, 0.2) is 54.6 Å². The molecule has 1 fully saturated rings.